The van der Waals surface area contributed by atoms with Crippen LogP contribution in [0.25, 0.3) is 0 Å². The molecule has 0 N–H and O–H groups in total. The molecule has 100 valence electrons. The third kappa shape index (κ3) is 37.2. The van der Waals surface area contributed by atoms with Crippen LogP contribution in [0.3, 0.4) is 0 Å². The van der Waals surface area contributed by atoms with Gasteiger partial charge in [0.15, 0.2) is 0 Å². The summed E-state index contributed by atoms with van der Waals surface area (Å²) in [6.07, 6.45) is 0. The lowest BCUT2D eigenvalue weighted by Crippen LogP contribution is -2.21. The zero-order chi connectivity index (χ0) is 13.4. The molecule has 0 fully saturated rings. The second-order valence-corrected chi connectivity index (χ2v) is 2.65. The fraction of sp³-hybridized carbons (Fsp3) is 1.00. The Morgan fingerprint density at radius 2 is 1.06 bits per heavy atom. The fourth-order valence-corrected chi connectivity index (χ4v) is 0.875. The Bertz CT molecular complexity index is 95.8. The van der Waals surface area contributed by atoms with E-state index in [1.54, 1.807) is 0 Å². The standard InChI is InChI=1S/C6H15N.C4H10O.BF3/c1-4-7(5-2)6-3;1-3-5-4-2;2-1(3)4/h4-6H2,1-3H3;3-4H2,1-2H3;. The van der Waals surface area contributed by atoms with Crippen molar-refractivity contribution in [2.75, 3.05) is 32.8 Å². The lowest BCUT2D eigenvalue weighted by atomic mass is 10.5. The first-order valence-corrected chi connectivity index (χ1v) is 5.72. The average Bonchev–Trinajstić information content (AvgIpc) is 2.22. The Hall–Kier alpha value is -0.225. The van der Waals surface area contributed by atoms with Crippen molar-refractivity contribution in [1.29, 1.82) is 0 Å². The number of ether oxygens (including phenoxy) is 1. The van der Waals surface area contributed by atoms with Crippen LogP contribution in [-0.2, 0) is 4.74 Å². The molecule has 2 nitrogen and oxygen atoms in total. The molecule has 0 rings (SSSR count). The Morgan fingerprint density at radius 3 is 1.06 bits per heavy atom. The smallest absolute Gasteiger partial charge is 0.382 e. The minimum Gasteiger partial charge on any atom is -0.382 e. The van der Waals surface area contributed by atoms with Gasteiger partial charge in [-0.05, 0) is 33.5 Å². The lowest BCUT2D eigenvalue weighted by molar-refractivity contribution is 0.162. The minimum atomic E-state index is -3.67. The molecule has 0 aromatic carbocycles. The predicted octanol–water partition coefficient (Wildman–Crippen LogP) is 3.27. The van der Waals surface area contributed by atoms with Gasteiger partial charge in [-0.25, -0.2) is 0 Å². The first-order chi connectivity index (χ1) is 7.49. The first kappa shape index (κ1) is 21.1. The van der Waals surface area contributed by atoms with Gasteiger partial charge in [-0.15, -0.1) is 0 Å². The van der Waals surface area contributed by atoms with E-state index in [1.807, 2.05) is 13.8 Å². The van der Waals surface area contributed by atoms with Crippen molar-refractivity contribution in [3.63, 3.8) is 0 Å². The van der Waals surface area contributed by atoms with E-state index in [0.717, 1.165) is 13.2 Å². The van der Waals surface area contributed by atoms with Crippen LogP contribution in [0.2, 0.25) is 0 Å². The maximum absolute atomic E-state index is 9.67. The number of hydrogen-bond acceptors (Lipinski definition) is 2. The van der Waals surface area contributed by atoms with Crippen LogP contribution < -0.4 is 0 Å². The molecule has 0 saturated heterocycles. The molecule has 0 radical (unpaired) electrons. The summed E-state index contributed by atoms with van der Waals surface area (Å²) in [7, 11) is -3.67. The van der Waals surface area contributed by atoms with E-state index in [-0.39, 0.29) is 0 Å². The molecule has 0 heterocycles. The molecule has 0 saturated carbocycles. The maximum atomic E-state index is 9.67. The topological polar surface area (TPSA) is 12.5 Å². The van der Waals surface area contributed by atoms with E-state index in [0.29, 0.717) is 0 Å². The summed E-state index contributed by atoms with van der Waals surface area (Å²) in [5.41, 5.74) is 0. The molecule has 0 aliphatic carbocycles. The molecule has 6 heteroatoms. The summed E-state index contributed by atoms with van der Waals surface area (Å²) in [5.74, 6) is 0. The molecule has 0 amide bonds. The summed E-state index contributed by atoms with van der Waals surface area (Å²) >= 11 is 0. The molecule has 16 heavy (non-hydrogen) atoms. The van der Waals surface area contributed by atoms with Crippen molar-refractivity contribution in [3.05, 3.63) is 0 Å². The normalized spacial score (nSPS) is 8.81. The number of nitrogens with zero attached hydrogens (tertiary/aromatic N) is 1. The number of hydrogen-bond donors (Lipinski definition) is 0. The van der Waals surface area contributed by atoms with E-state index in [1.165, 1.54) is 19.6 Å². The summed E-state index contributed by atoms with van der Waals surface area (Å²) < 4.78 is 33.8. The first-order valence-electron chi connectivity index (χ1n) is 5.72. The SMILES string of the molecule is CCN(CC)CC.CCOCC.FB(F)F. The van der Waals surface area contributed by atoms with Crippen LogP contribution in [0.4, 0.5) is 12.9 Å². The van der Waals surface area contributed by atoms with Gasteiger partial charge < -0.3 is 9.64 Å². The maximum Gasteiger partial charge on any atom is 0.762 e. The largest absolute Gasteiger partial charge is 0.762 e. The predicted molar refractivity (Wildman–Crippen MR) is 64.7 cm³/mol. The molecule has 0 aliphatic rings. The highest BCUT2D eigenvalue weighted by Crippen LogP contribution is 1.81. The highest BCUT2D eigenvalue weighted by molar-refractivity contribution is 6.33. The quantitative estimate of drug-likeness (QED) is 0.687. The zero-order valence-electron chi connectivity index (χ0n) is 11.1. The monoisotopic (exact) mass is 243 g/mol. The number of halogens is 3. The molecule has 0 spiro atoms. The summed E-state index contributed by atoms with van der Waals surface area (Å²) in [6, 6.07) is 0. The Balaban J connectivity index is -0.000000166. The van der Waals surface area contributed by atoms with Crippen LogP contribution >= 0.6 is 0 Å². The second-order valence-electron chi connectivity index (χ2n) is 2.65. The molecule has 0 aromatic heterocycles. The minimum absolute atomic E-state index is 0.844. The highest BCUT2D eigenvalue weighted by atomic mass is 19.4. The average molecular weight is 243 g/mol. The highest BCUT2D eigenvalue weighted by Gasteiger charge is 2.06. The summed E-state index contributed by atoms with van der Waals surface area (Å²) in [4.78, 5) is 2.38. The van der Waals surface area contributed by atoms with Crippen LogP contribution in [0.1, 0.15) is 34.6 Å². The van der Waals surface area contributed by atoms with Crippen molar-refractivity contribution in [2.45, 2.75) is 34.6 Å². The van der Waals surface area contributed by atoms with Crippen molar-refractivity contribution >= 4 is 7.54 Å². The van der Waals surface area contributed by atoms with E-state index in [2.05, 4.69) is 25.7 Å². The lowest BCUT2D eigenvalue weighted by Gasteiger charge is -2.13. The van der Waals surface area contributed by atoms with Gasteiger partial charge in [-0.3, -0.25) is 12.9 Å². The van der Waals surface area contributed by atoms with Crippen LogP contribution in [0, 0.1) is 0 Å². The van der Waals surface area contributed by atoms with Crippen LogP contribution in [0.15, 0.2) is 0 Å². The van der Waals surface area contributed by atoms with Crippen molar-refractivity contribution in [2.24, 2.45) is 0 Å². The molecule has 0 aromatic rings. The van der Waals surface area contributed by atoms with Gasteiger partial charge in [-0.1, -0.05) is 20.8 Å². The van der Waals surface area contributed by atoms with Gasteiger partial charge in [0, 0.05) is 13.2 Å². The van der Waals surface area contributed by atoms with E-state index >= 15 is 0 Å². The zero-order valence-corrected chi connectivity index (χ0v) is 11.1. The Kier molecular flexibility index (Phi) is 26.7. The van der Waals surface area contributed by atoms with Crippen molar-refractivity contribution in [1.82, 2.24) is 4.90 Å². The van der Waals surface area contributed by atoms with Gasteiger partial charge in [0.25, 0.3) is 0 Å². The third-order valence-corrected chi connectivity index (χ3v) is 1.75. The third-order valence-electron chi connectivity index (χ3n) is 1.75. The van der Waals surface area contributed by atoms with Crippen molar-refractivity contribution in [3.8, 4) is 0 Å². The molecular weight excluding hydrogens is 218 g/mol. The van der Waals surface area contributed by atoms with Gasteiger partial charge in [0.05, 0.1) is 0 Å². The molecule has 0 atom stereocenters. The van der Waals surface area contributed by atoms with E-state index < -0.39 is 7.54 Å². The Labute approximate surface area is 98.4 Å². The summed E-state index contributed by atoms with van der Waals surface area (Å²) in [6.45, 7) is 15.8. The molecule has 0 bridgehead atoms. The van der Waals surface area contributed by atoms with E-state index in [4.69, 9.17) is 4.74 Å². The Morgan fingerprint density at radius 1 is 0.812 bits per heavy atom. The fourth-order valence-electron chi connectivity index (χ4n) is 0.875. The van der Waals surface area contributed by atoms with Gasteiger partial charge in [-0.2, -0.15) is 0 Å². The second kappa shape index (κ2) is 20.2. The van der Waals surface area contributed by atoms with Crippen LogP contribution in [-0.4, -0.2) is 45.3 Å². The molecule has 0 aliphatic heterocycles. The molecular formula is C10H25BF3NO. The van der Waals surface area contributed by atoms with Gasteiger partial charge in [0.2, 0.25) is 0 Å². The molecule has 0 unspecified atom stereocenters. The summed E-state index contributed by atoms with van der Waals surface area (Å²) in [5, 5.41) is 0. The van der Waals surface area contributed by atoms with Gasteiger partial charge >= 0.3 is 7.54 Å². The number of rotatable bonds is 5. The van der Waals surface area contributed by atoms with E-state index in [9.17, 15) is 12.9 Å². The van der Waals surface area contributed by atoms with Gasteiger partial charge in [0.1, 0.15) is 0 Å². The van der Waals surface area contributed by atoms with Crippen molar-refractivity contribution < 1.29 is 17.7 Å². The van der Waals surface area contributed by atoms with Crippen LogP contribution in [0.5, 0.6) is 0 Å².